The highest BCUT2D eigenvalue weighted by Gasteiger charge is 2.07. The highest BCUT2D eigenvalue weighted by Crippen LogP contribution is 2.15. The van der Waals surface area contributed by atoms with Gasteiger partial charge in [-0.05, 0) is 6.92 Å². The van der Waals surface area contributed by atoms with Gasteiger partial charge in [0.05, 0.1) is 6.54 Å². The van der Waals surface area contributed by atoms with Crippen LogP contribution in [0.1, 0.15) is 37.0 Å². The van der Waals surface area contributed by atoms with Gasteiger partial charge in [-0.3, -0.25) is 0 Å². The van der Waals surface area contributed by atoms with E-state index in [9.17, 15) is 0 Å². The maximum atomic E-state index is 5.75. The van der Waals surface area contributed by atoms with Crippen LogP contribution in [-0.2, 0) is 6.54 Å². The maximum Gasteiger partial charge on any atom is 0.135 e. The van der Waals surface area contributed by atoms with Crippen molar-refractivity contribution in [2.24, 2.45) is 0 Å². The van der Waals surface area contributed by atoms with Crippen LogP contribution in [0.5, 0.6) is 0 Å². The summed E-state index contributed by atoms with van der Waals surface area (Å²) in [5, 5.41) is 7.06. The Kier molecular flexibility index (Phi) is 3.45. The van der Waals surface area contributed by atoms with Crippen molar-refractivity contribution in [2.75, 3.05) is 11.1 Å². The molecule has 0 aromatic carbocycles. The molecule has 18 heavy (non-hydrogen) atoms. The molecule has 2 heterocycles. The largest absolute Gasteiger partial charge is 0.384 e. The quantitative estimate of drug-likeness (QED) is 0.859. The smallest absolute Gasteiger partial charge is 0.135 e. The minimum atomic E-state index is 0.239. The van der Waals surface area contributed by atoms with Crippen LogP contribution in [0.15, 0.2) is 16.7 Å². The highest BCUT2D eigenvalue weighted by molar-refractivity contribution is 5.45. The SMILES string of the molecule is Cc1cc(CNc2cc(N)nc(C(C)C)n2)no1. The van der Waals surface area contributed by atoms with Crippen molar-refractivity contribution in [1.82, 2.24) is 15.1 Å². The second-order valence-corrected chi connectivity index (χ2v) is 4.47. The monoisotopic (exact) mass is 247 g/mol. The molecule has 0 aliphatic heterocycles. The fourth-order valence-electron chi connectivity index (χ4n) is 1.52. The number of rotatable bonds is 4. The molecular weight excluding hydrogens is 230 g/mol. The molecule has 0 saturated heterocycles. The molecule has 0 aliphatic rings. The van der Waals surface area contributed by atoms with Crippen LogP contribution in [-0.4, -0.2) is 15.1 Å². The topological polar surface area (TPSA) is 89.9 Å². The minimum Gasteiger partial charge on any atom is -0.384 e. The van der Waals surface area contributed by atoms with Gasteiger partial charge in [-0.25, -0.2) is 9.97 Å². The zero-order valence-electron chi connectivity index (χ0n) is 10.8. The molecule has 0 spiro atoms. The molecule has 3 N–H and O–H groups in total. The molecule has 96 valence electrons. The lowest BCUT2D eigenvalue weighted by molar-refractivity contribution is 0.391. The summed E-state index contributed by atoms with van der Waals surface area (Å²) in [6.07, 6.45) is 0. The van der Waals surface area contributed by atoms with E-state index in [1.165, 1.54) is 0 Å². The van der Waals surface area contributed by atoms with Crippen molar-refractivity contribution in [3.05, 3.63) is 29.4 Å². The highest BCUT2D eigenvalue weighted by atomic mass is 16.5. The lowest BCUT2D eigenvalue weighted by atomic mass is 10.2. The number of nitrogens with one attached hydrogen (secondary N) is 1. The number of nitrogens with zero attached hydrogens (tertiary/aromatic N) is 3. The Hall–Kier alpha value is -2.11. The fraction of sp³-hybridized carbons (Fsp3) is 0.417. The van der Waals surface area contributed by atoms with E-state index in [4.69, 9.17) is 10.3 Å². The number of nitrogen functional groups attached to an aromatic ring is 1. The zero-order valence-corrected chi connectivity index (χ0v) is 10.8. The zero-order chi connectivity index (χ0) is 13.1. The Morgan fingerprint density at radius 2 is 2.11 bits per heavy atom. The van der Waals surface area contributed by atoms with Crippen LogP contribution in [0.4, 0.5) is 11.6 Å². The third-order valence-corrected chi connectivity index (χ3v) is 2.41. The van der Waals surface area contributed by atoms with Crippen molar-refractivity contribution in [2.45, 2.75) is 33.2 Å². The molecular formula is C12H17N5O. The van der Waals surface area contributed by atoms with Crippen molar-refractivity contribution in [1.29, 1.82) is 0 Å². The number of anilines is 2. The third kappa shape index (κ3) is 2.97. The van der Waals surface area contributed by atoms with Gasteiger partial charge in [0.1, 0.15) is 28.9 Å². The molecule has 0 radical (unpaired) electrons. The Balaban J connectivity index is 2.09. The normalized spacial score (nSPS) is 10.9. The second-order valence-electron chi connectivity index (χ2n) is 4.47. The van der Waals surface area contributed by atoms with E-state index in [0.29, 0.717) is 18.2 Å². The van der Waals surface area contributed by atoms with Crippen LogP contribution < -0.4 is 11.1 Å². The van der Waals surface area contributed by atoms with Gasteiger partial charge in [0, 0.05) is 18.1 Å². The van der Waals surface area contributed by atoms with Crippen molar-refractivity contribution < 1.29 is 4.52 Å². The summed E-state index contributed by atoms with van der Waals surface area (Å²) < 4.78 is 4.99. The van der Waals surface area contributed by atoms with Crippen LogP contribution in [0.2, 0.25) is 0 Å². The molecule has 2 aromatic rings. The molecule has 2 aromatic heterocycles. The standard InChI is InChI=1S/C12H17N5O/c1-7(2)12-15-10(13)5-11(16-12)14-6-9-4-8(3)18-17-9/h4-5,7H,6H2,1-3H3,(H3,13,14,15,16). The molecule has 0 unspecified atom stereocenters. The molecule has 0 bridgehead atoms. The second kappa shape index (κ2) is 5.03. The van der Waals surface area contributed by atoms with E-state index in [1.54, 1.807) is 6.07 Å². The fourth-order valence-corrected chi connectivity index (χ4v) is 1.52. The maximum absolute atomic E-state index is 5.75. The van der Waals surface area contributed by atoms with Gasteiger partial charge in [-0.15, -0.1) is 0 Å². The van der Waals surface area contributed by atoms with E-state index in [1.807, 2.05) is 26.8 Å². The summed E-state index contributed by atoms with van der Waals surface area (Å²) in [4.78, 5) is 8.58. The average Bonchev–Trinajstić information content (AvgIpc) is 2.72. The van der Waals surface area contributed by atoms with Crippen LogP contribution in [0.25, 0.3) is 0 Å². The molecule has 6 nitrogen and oxygen atoms in total. The van der Waals surface area contributed by atoms with Gasteiger partial charge in [0.2, 0.25) is 0 Å². The summed E-state index contributed by atoms with van der Waals surface area (Å²) >= 11 is 0. The van der Waals surface area contributed by atoms with E-state index in [0.717, 1.165) is 17.3 Å². The predicted octanol–water partition coefficient (Wildman–Crippen LogP) is 2.09. The molecule has 0 amide bonds. The first kappa shape index (κ1) is 12.3. The van der Waals surface area contributed by atoms with Crippen LogP contribution in [0, 0.1) is 6.92 Å². The van der Waals surface area contributed by atoms with Crippen LogP contribution in [0.3, 0.4) is 0 Å². The summed E-state index contributed by atoms with van der Waals surface area (Å²) in [5.41, 5.74) is 6.57. The van der Waals surface area contributed by atoms with Gasteiger partial charge in [-0.2, -0.15) is 0 Å². The molecule has 6 heteroatoms. The van der Waals surface area contributed by atoms with Gasteiger partial charge in [0.25, 0.3) is 0 Å². The van der Waals surface area contributed by atoms with E-state index in [-0.39, 0.29) is 5.92 Å². The van der Waals surface area contributed by atoms with Crippen LogP contribution >= 0.6 is 0 Å². The minimum absolute atomic E-state index is 0.239. The first-order chi connectivity index (χ1) is 8.54. The summed E-state index contributed by atoms with van der Waals surface area (Å²) in [7, 11) is 0. The van der Waals surface area contributed by atoms with E-state index >= 15 is 0 Å². The molecule has 0 fully saturated rings. The lowest BCUT2D eigenvalue weighted by Crippen LogP contribution is -2.07. The van der Waals surface area contributed by atoms with Gasteiger partial charge < -0.3 is 15.6 Å². The first-order valence-electron chi connectivity index (χ1n) is 5.85. The van der Waals surface area contributed by atoms with E-state index in [2.05, 4.69) is 20.4 Å². The summed E-state index contributed by atoms with van der Waals surface area (Å²) in [6, 6.07) is 3.58. The summed E-state index contributed by atoms with van der Waals surface area (Å²) in [6.45, 7) is 6.46. The Morgan fingerprint density at radius 1 is 1.33 bits per heavy atom. The Morgan fingerprint density at radius 3 is 2.72 bits per heavy atom. The number of hydrogen-bond donors (Lipinski definition) is 2. The number of hydrogen-bond acceptors (Lipinski definition) is 6. The van der Waals surface area contributed by atoms with Gasteiger partial charge in [-0.1, -0.05) is 19.0 Å². The predicted molar refractivity (Wildman–Crippen MR) is 69.1 cm³/mol. The van der Waals surface area contributed by atoms with E-state index < -0.39 is 0 Å². The molecule has 0 aliphatic carbocycles. The lowest BCUT2D eigenvalue weighted by Gasteiger charge is -2.08. The van der Waals surface area contributed by atoms with Crippen molar-refractivity contribution in [3.8, 4) is 0 Å². The first-order valence-corrected chi connectivity index (χ1v) is 5.85. The Bertz CT molecular complexity index is 535. The average molecular weight is 247 g/mol. The number of aromatic nitrogens is 3. The molecule has 0 atom stereocenters. The van der Waals surface area contributed by atoms with Gasteiger partial charge in [0.15, 0.2) is 0 Å². The number of nitrogens with two attached hydrogens (primary N) is 1. The summed E-state index contributed by atoms with van der Waals surface area (Å²) in [5.74, 6) is 2.92. The Labute approximate surface area is 106 Å². The number of aryl methyl sites for hydroxylation is 1. The molecule has 2 rings (SSSR count). The molecule has 0 saturated carbocycles. The van der Waals surface area contributed by atoms with Gasteiger partial charge >= 0.3 is 0 Å². The van der Waals surface area contributed by atoms with Crippen molar-refractivity contribution >= 4 is 11.6 Å². The third-order valence-electron chi connectivity index (χ3n) is 2.41. The van der Waals surface area contributed by atoms with Crippen molar-refractivity contribution in [3.63, 3.8) is 0 Å².